The summed E-state index contributed by atoms with van der Waals surface area (Å²) in [4.78, 5) is 6.26. The van der Waals surface area contributed by atoms with Crippen LogP contribution in [0.3, 0.4) is 0 Å². The highest BCUT2D eigenvalue weighted by atomic mass is 15.1. The molecule has 2 aromatic rings. The third-order valence-electron chi connectivity index (χ3n) is 2.84. The van der Waals surface area contributed by atoms with Crippen LogP contribution in [0.2, 0.25) is 0 Å². The third kappa shape index (κ3) is 3.71. The Kier molecular flexibility index (Phi) is 4.35. The van der Waals surface area contributed by atoms with Gasteiger partial charge in [-0.3, -0.25) is 0 Å². The van der Waals surface area contributed by atoms with E-state index in [0.29, 0.717) is 18.8 Å². The van der Waals surface area contributed by atoms with Crippen molar-refractivity contribution < 1.29 is 0 Å². The lowest BCUT2D eigenvalue weighted by Crippen LogP contribution is -2.23. The summed E-state index contributed by atoms with van der Waals surface area (Å²) in [5, 5.41) is 8.76. The van der Waals surface area contributed by atoms with Crippen LogP contribution in [0.15, 0.2) is 48.7 Å². The summed E-state index contributed by atoms with van der Waals surface area (Å²) in [6, 6.07) is 16.0. The van der Waals surface area contributed by atoms with Crippen molar-refractivity contribution in [3.8, 4) is 6.07 Å². The Labute approximate surface area is 113 Å². The first-order valence-electron chi connectivity index (χ1n) is 6.17. The smallest absolute Gasteiger partial charge is 0.123 e. The molecule has 2 rings (SSSR count). The molecule has 19 heavy (non-hydrogen) atoms. The Bertz CT molecular complexity index is 543. The van der Waals surface area contributed by atoms with Gasteiger partial charge in [0, 0.05) is 25.0 Å². The summed E-state index contributed by atoms with van der Waals surface area (Å²) >= 11 is 0. The maximum absolute atomic E-state index is 8.76. The molecule has 0 fully saturated rings. The fraction of sp³-hybridized carbons (Fsp3) is 0.200. The van der Waals surface area contributed by atoms with E-state index in [2.05, 4.69) is 16.0 Å². The number of aromatic nitrogens is 1. The molecule has 0 spiro atoms. The van der Waals surface area contributed by atoms with Crippen LogP contribution in [0, 0.1) is 11.3 Å². The number of nitrogens with zero attached hydrogens (tertiary/aromatic N) is 3. The number of para-hydroxylation sites is 1. The van der Waals surface area contributed by atoms with Gasteiger partial charge in [-0.1, -0.05) is 24.3 Å². The Balaban J connectivity index is 2.14. The van der Waals surface area contributed by atoms with E-state index in [4.69, 9.17) is 11.0 Å². The molecule has 0 saturated heterocycles. The van der Waals surface area contributed by atoms with Crippen LogP contribution in [0.1, 0.15) is 12.0 Å². The highest BCUT2D eigenvalue weighted by molar-refractivity contribution is 5.46. The van der Waals surface area contributed by atoms with Crippen molar-refractivity contribution in [2.24, 2.45) is 0 Å². The predicted molar refractivity (Wildman–Crippen MR) is 76.4 cm³/mol. The zero-order chi connectivity index (χ0) is 13.5. The molecule has 0 atom stereocenters. The van der Waals surface area contributed by atoms with Gasteiger partial charge in [-0.2, -0.15) is 5.26 Å². The van der Waals surface area contributed by atoms with E-state index in [1.54, 1.807) is 12.3 Å². The fourth-order valence-corrected chi connectivity index (χ4v) is 1.87. The number of nitrogens with two attached hydrogens (primary N) is 1. The molecule has 0 amide bonds. The average molecular weight is 252 g/mol. The monoisotopic (exact) mass is 252 g/mol. The SMILES string of the molecule is N#CCCN(Cc1ccc(N)nc1)c1ccccc1. The van der Waals surface area contributed by atoms with E-state index in [0.717, 1.165) is 17.8 Å². The number of rotatable bonds is 5. The van der Waals surface area contributed by atoms with E-state index in [1.807, 2.05) is 36.4 Å². The molecule has 0 saturated carbocycles. The van der Waals surface area contributed by atoms with Crippen LogP contribution < -0.4 is 10.6 Å². The Morgan fingerprint density at radius 2 is 1.95 bits per heavy atom. The topological polar surface area (TPSA) is 65.9 Å². The maximum Gasteiger partial charge on any atom is 0.123 e. The lowest BCUT2D eigenvalue weighted by molar-refractivity contribution is 0.795. The van der Waals surface area contributed by atoms with Crippen LogP contribution in [0.25, 0.3) is 0 Å². The van der Waals surface area contributed by atoms with Gasteiger partial charge in [0.1, 0.15) is 5.82 Å². The van der Waals surface area contributed by atoms with Crippen molar-refractivity contribution in [1.82, 2.24) is 4.98 Å². The van der Waals surface area contributed by atoms with Crippen molar-refractivity contribution in [1.29, 1.82) is 5.26 Å². The molecule has 0 aliphatic carbocycles. The first kappa shape index (κ1) is 12.9. The van der Waals surface area contributed by atoms with E-state index in [1.165, 1.54) is 0 Å². The van der Waals surface area contributed by atoms with E-state index >= 15 is 0 Å². The number of hydrogen-bond donors (Lipinski definition) is 1. The second-order valence-corrected chi connectivity index (χ2v) is 4.26. The number of nitriles is 1. The third-order valence-corrected chi connectivity index (χ3v) is 2.84. The van der Waals surface area contributed by atoms with Gasteiger partial charge in [-0.05, 0) is 23.8 Å². The lowest BCUT2D eigenvalue weighted by Gasteiger charge is -2.23. The number of hydrogen-bond acceptors (Lipinski definition) is 4. The number of benzene rings is 1. The van der Waals surface area contributed by atoms with Crippen molar-refractivity contribution >= 4 is 11.5 Å². The van der Waals surface area contributed by atoms with Crippen molar-refractivity contribution in [2.75, 3.05) is 17.2 Å². The zero-order valence-electron chi connectivity index (χ0n) is 10.7. The summed E-state index contributed by atoms with van der Waals surface area (Å²) in [5.74, 6) is 0.520. The minimum absolute atomic E-state index is 0.497. The highest BCUT2D eigenvalue weighted by Gasteiger charge is 2.07. The average Bonchev–Trinajstić information content (AvgIpc) is 2.46. The quantitative estimate of drug-likeness (QED) is 0.888. The van der Waals surface area contributed by atoms with Crippen LogP contribution in [-0.2, 0) is 6.54 Å². The molecule has 1 heterocycles. The first-order valence-corrected chi connectivity index (χ1v) is 6.17. The second kappa shape index (κ2) is 6.41. The molecule has 0 aliphatic rings. The number of nitrogen functional groups attached to an aromatic ring is 1. The van der Waals surface area contributed by atoms with Crippen LogP contribution in [-0.4, -0.2) is 11.5 Å². The van der Waals surface area contributed by atoms with Gasteiger partial charge >= 0.3 is 0 Å². The lowest BCUT2D eigenvalue weighted by atomic mass is 10.2. The molecular weight excluding hydrogens is 236 g/mol. The first-order chi connectivity index (χ1) is 9.29. The molecule has 4 nitrogen and oxygen atoms in total. The Hall–Kier alpha value is -2.54. The normalized spacial score (nSPS) is 9.84. The highest BCUT2D eigenvalue weighted by Crippen LogP contribution is 2.17. The largest absolute Gasteiger partial charge is 0.384 e. The Morgan fingerprint density at radius 3 is 2.58 bits per heavy atom. The van der Waals surface area contributed by atoms with Gasteiger partial charge in [0.25, 0.3) is 0 Å². The summed E-state index contributed by atoms with van der Waals surface area (Å²) in [5.41, 5.74) is 7.77. The fourth-order valence-electron chi connectivity index (χ4n) is 1.87. The molecule has 2 N–H and O–H groups in total. The summed E-state index contributed by atoms with van der Waals surface area (Å²) in [6.07, 6.45) is 2.27. The van der Waals surface area contributed by atoms with Gasteiger partial charge in [0.2, 0.25) is 0 Å². The summed E-state index contributed by atoms with van der Waals surface area (Å²) in [6.45, 7) is 1.42. The molecule has 0 bridgehead atoms. The Morgan fingerprint density at radius 1 is 1.16 bits per heavy atom. The molecule has 0 unspecified atom stereocenters. The molecule has 1 aromatic carbocycles. The molecule has 96 valence electrons. The standard InChI is InChI=1S/C15H16N4/c16-9-4-10-19(14-5-2-1-3-6-14)12-13-7-8-15(17)18-11-13/h1-3,5-8,11H,4,10,12H2,(H2,17,18). The van der Waals surface area contributed by atoms with Crippen molar-refractivity contribution in [3.63, 3.8) is 0 Å². The van der Waals surface area contributed by atoms with Gasteiger partial charge in [0.15, 0.2) is 0 Å². The minimum atomic E-state index is 0.497. The molecule has 0 aliphatic heterocycles. The zero-order valence-corrected chi connectivity index (χ0v) is 10.7. The number of pyridine rings is 1. The van der Waals surface area contributed by atoms with Crippen LogP contribution in [0.5, 0.6) is 0 Å². The molecular formula is C15H16N4. The van der Waals surface area contributed by atoms with Gasteiger partial charge in [0.05, 0.1) is 12.5 Å². The molecule has 4 heteroatoms. The number of anilines is 2. The molecule has 0 radical (unpaired) electrons. The van der Waals surface area contributed by atoms with Crippen molar-refractivity contribution in [3.05, 3.63) is 54.2 Å². The van der Waals surface area contributed by atoms with Gasteiger partial charge < -0.3 is 10.6 Å². The van der Waals surface area contributed by atoms with E-state index in [9.17, 15) is 0 Å². The van der Waals surface area contributed by atoms with Gasteiger partial charge in [-0.15, -0.1) is 0 Å². The minimum Gasteiger partial charge on any atom is -0.384 e. The second-order valence-electron chi connectivity index (χ2n) is 4.26. The van der Waals surface area contributed by atoms with Crippen molar-refractivity contribution in [2.45, 2.75) is 13.0 Å². The summed E-state index contributed by atoms with van der Waals surface area (Å²) in [7, 11) is 0. The molecule has 1 aromatic heterocycles. The predicted octanol–water partition coefficient (Wildman–Crippen LogP) is 2.58. The maximum atomic E-state index is 8.76. The van der Waals surface area contributed by atoms with Crippen LogP contribution in [0.4, 0.5) is 11.5 Å². The van der Waals surface area contributed by atoms with Gasteiger partial charge in [-0.25, -0.2) is 4.98 Å². The van der Waals surface area contributed by atoms with E-state index in [-0.39, 0.29) is 0 Å². The summed E-state index contributed by atoms with van der Waals surface area (Å²) < 4.78 is 0. The van der Waals surface area contributed by atoms with Crippen LogP contribution >= 0.6 is 0 Å². The van der Waals surface area contributed by atoms with E-state index < -0.39 is 0 Å².